The average molecular weight is 399 g/mol. The molecule has 1 atom stereocenters. The molecule has 0 radical (unpaired) electrons. The first-order valence-electron chi connectivity index (χ1n) is 8.16. The number of nitrogens with one attached hydrogen (secondary N) is 1. The van der Waals surface area contributed by atoms with Crippen LogP contribution in [-0.2, 0) is 22.7 Å². The summed E-state index contributed by atoms with van der Waals surface area (Å²) in [7, 11) is -7.51. The maximum absolute atomic E-state index is 11.0. The van der Waals surface area contributed by atoms with Crippen molar-refractivity contribution in [3.05, 3.63) is 0 Å². The summed E-state index contributed by atoms with van der Waals surface area (Å²) in [4.78, 5) is 11.7. The Morgan fingerprint density at radius 1 is 0.800 bits per heavy atom. The van der Waals surface area contributed by atoms with Gasteiger partial charge in [-0.25, -0.2) is 4.57 Å². The molecule has 0 aliphatic carbocycles. The van der Waals surface area contributed by atoms with E-state index in [0.717, 1.165) is 5.81 Å². The second kappa shape index (κ2) is 18.0. The zero-order chi connectivity index (χ0) is 20.4. The van der Waals surface area contributed by atoms with Crippen molar-refractivity contribution in [2.75, 3.05) is 39.5 Å². The number of quaternary nitrogens is 1. The first-order chi connectivity index (χ1) is 11.6. The van der Waals surface area contributed by atoms with Gasteiger partial charge in [0.2, 0.25) is 7.60 Å². The van der Waals surface area contributed by atoms with Gasteiger partial charge in [-0.15, -0.1) is 0 Å². The summed E-state index contributed by atoms with van der Waals surface area (Å²) < 4.78 is 34.2. The molecular weight excluding hydrogens is 368 g/mol. The molecule has 1 N–H and O–H groups in total. The molecule has 0 aromatic carbocycles. The minimum atomic E-state index is -4.12. The minimum Gasteiger partial charge on any atom is -0.767 e. The Kier molecular flexibility index (Phi) is 20.9. The van der Waals surface area contributed by atoms with Crippen LogP contribution in [0, 0.1) is 22.1 Å². The van der Waals surface area contributed by atoms with Crippen molar-refractivity contribution in [1.29, 1.82) is 10.5 Å². The molecule has 0 fully saturated rings. The van der Waals surface area contributed by atoms with E-state index in [0.29, 0.717) is 0 Å². The molecule has 0 bridgehead atoms. The van der Waals surface area contributed by atoms with Crippen LogP contribution in [0.4, 0.5) is 0 Å². The highest BCUT2D eigenvalue weighted by atomic mass is 31.2. The molecule has 0 saturated carbocycles. The Morgan fingerprint density at radius 3 is 1.28 bits per heavy atom. The summed E-state index contributed by atoms with van der Waals surface area (Å²) in [6.45, 7) is 15.8. The summed E-state index contributed by atoms with van der Waals surface area (Å²) >= 11 is 0. The van der Waals surface area contributed by atoms with Crippen LogP contribution in [0.3, 0.4) is 0 Å². The zero-order valence-electron chi connectivity index (χ0n) is 16.0. The average Bonchev–Trinajstić information content (AvgIpc) is 2.58. The van der Waals surface area contributed by atoms with Gasteiger partial charge in [-0.1, -0.05) is 0 Å². The van der Waals surface area contributed by atoms with Gasteiger partial charge in [0, 0.05) is 0 Å². The lowest BCUT2D eigenvalue weighted by Gasteiger charge is -2.11. The van der Waals surface area contributed by atoms with Gasteiger partial charge >= 0.3 is 7.60 Å². The van der Waals surface area contributed by atoms with Gasteiger partial charge < -0.3 is 14.3 Å². The third-order valence-electron chi connectivity index (χ3n) is 2.64. The molecule has 25 heavy (non-hydrogen) atoms. The van der Waals surface area contributed by atoms with Crippen LogP contribution < -0.4 is 9.79 Å². The van der Waals surface area contributed by atoms with Crippen molar-refractivity contribution < 1.29 is 32.5 Å². The summed E-state index contributed by atoms with van der Waals surface area (Å²) in [5, 5.41) is 16.1. The molecule has 0 heterocycles. The van der Waals surface area contributed by atoms with Crippen molar-refractivity contribution in [3.63, 3.8) is 0 Å². The topological polar surface area (TPSA) is 137 Å². The van der Waals surface area contributed by atoms with Gasteiger partial charge in [-0.2, -0.15) is 10.5 Å². The Morgan fingerprint density at radius 2 is 1.16 bits per heavy atom. The summed E-state index contributed by atoms with van der Waals surface area (Å²) in [6.07, 6.45) is 0. The van der Waals surface area contributed by atoms with E-state index < -0.39 is 15.2 Å². The molecule has 0 aromatic rings. The summed E-state index contributed by atoms with van der Waals surface area (Å²) in [6, 6.07) is 0. The first-order valence-corrected chi connectivity index (χ1v) is 11.2. The molecular formula is C14H31N3O6P2. The zero-order valence-corrected chi connectivity index (χ0v) is 17.8. The molecule has 0 aliphatic heterocycles. The quantitative estimate of drug-likeness (QED) is 0.579. The Balaban J connectivity index is -0.000000296. The van der Waals surface area contributed by atoms with E-state index in [9.17, 15) is 14.0 Å². The highest BCUT2D eigenvalue weighted by Crippen LogP contribution is 2.46. The molecule has 0 aliphatic rings. The van der Waals surface area contributed by atoms with Crippen LogP contribution in [0.5, 0.6) is 0 Å². The van der Waals surface area contributed by atoms with Crippen LogP contribution in [0.15, 0.2) is 0 Å². The molecule has 0 spiro atoms. The van der Waals surface area contributed by atoms with Crippen molar-refractivity contribution >= 4 is 15.2 Å². The fraction of sp³-hybridized carbons (Fsp3) is 0.857. The van der Waals surface area contributed by atoms with Crippen molar-refractivity contribution in [3.8, 4) is 11.6 Å². The predicted octanol–water partition coefficient (Wildman–Crippen LogP) is 1.72. The van der Waals surface area contributed by atoms with Crippen LogP contribution in [0.2, 0.25) is 0 Å². The lowest BCUT2D eigenvalue weighted by Crippen LogP contribution is -3.11. The first kappa shape index (κ1) is 29.0. The van der Waals surface area contributed by atoms with E-state index in [1.54, 1.807) is 18.7 Å². The van der Waals surface area contributed by atoms with E-state index in [-0.39, 0.29) is 19.8 Å². The Bertz CT molecular complexity index is 470. The molecule has 0 amide bonds. The maximum atomic E-state index is 11.0. The Hall–Kier alpha value is -0.760. The maximum Gasteiger partial charge on any atom is 0.431 e. The summed E-state index contributed by atoms with van der Waals surface area (Å²) in [5.74, 6) is 2.51. The predicted molar refractivity (Wildman–Crippen MR) is 93.9 cm³/mol. The molecule has 0 saturated heterocycles. The number of hydrogen-bond acceptors (Lipinski definition) is 8. The van der Waals surface area contributed by atoms with E-state index in [2.05, 4.69) is 34.3 Å². The van der Waals surface area contributed by atoms with Crippen LogP contribution in [0.25, 0.3) is 0 Å². The fourth-order valence-corrected chi connectivity index (χ4v) is 2.65. The van der Waals surface area contributed by atoms with Gasteiger partial charge in [0.15, 0.2) is 5.81 Å². The van der Waals surface area contributed by atoms with E-state index in [4.69, 9.17) is 10.5 Å². The minimum absolute atomic E-state index is 0.0222. The second-order valence-electron chi connectivity index (χ2n) is 4.26. The molecule has 11 heteroatoms. The van der Waals surface area contributed by atoms with Gasteiger partial charge in [-0.3, -0.25) is 13.6 Å². The number of nitriles is 2. The largest absolute Gasteiger partial charge is 0.767 e. The normalized spacial score (nSPS) is 12.6. The molecule has 148 valence electrons. The monoisotopic (exact) mass is 399 g/mol. The van der Waals surface area contributed by atoms with Gasteiger partial charge in [-0.05, 0) is 41.5 Å². The highest BCUT2D eigenvalue weighted by Gasteiger charge is 2.21. The van der Waals surface area contributed by atoms with Crippen LogP contribution in [0.1, 0.15) is 41.5 Å². The lowest BCUT2D eigenvalue weighted by atomic mass is 10.5. The summed E-state index contributed by atoms with van der Waals surface area (Å²) in [5.41, 5.74) is 0. The molecule has 1 unspecified atom stereocenters. The van der Waals surface area contributed by atoms with Crippen LogP contribution in [-0.4, -0.2) is 39.5 Å². The SMILES string of the molecule is CCOP(=O)(C#N)OCC.CCOP(=O)([O-])C#N.CC[NH+](CC)CC. The third-order valence-corrected chi connectivity index (χ3v) is 4.93. The van der Waals surface area contributed by atoms with Gasteiger partial charge in [0.1, 0.15) is 5.81 Å². The van der Waals surface area contributed by atoms with Crippen molar-refractivity contribution in [1.82, 2.24) is 0 Å². The molecule has 0 aromatic heterocycles. The second-order valence-corrected chi connectivity index (χ2v) is 7.42. The number of rotatable bonds is 9. The van der Waals surface area contributed by atoms with Gasteiger partial charge in [0.05, 0.1) is 39.5 Å². The molecule has 9 nitrogen and oxygen atoms in total. The van der Waals surface area contributed by atoms with Gasteiger partial charge in [0.25, 0.3) is 0 Å². The number of nitrogens with zero attached hydrogens (tertiary/aromatic N) is 2. The smallest absolute Gasteiger partial charge is 0.431 e. The highest BCUT2D eigenvalue weighted by molar-refractivity contribution is 7.59. The van der Waals surface area contributed by atoms with Crippen LogP contribution >= 0.6 is 15.2 Å². The molecule has 0 rings (SSSR count). The number of hydrogen-bond donors (Lipinski definition) is 1. The van der Waals surface area contributed by atoms with Crippen molar-refractivity contribution in [2.45, 2.75) is 41.5 Å². The van der Waals surface area contributed by atoms with E-state index >= 15 is 0 Å². The standard InChI is InChI=1S/C6H15N.C5H10NO3P.C3H6NO3P/c1-4-7(5-2)6-3;1-3-8-10(7,5-6)9-4-2;1-2-7-8(5,6)3-4/h4-6H2,1-3H3;3-4H2,1-2H3;2H2,1H3,(H,5,6). The van der Waals surface area contributed by atoms with E-state index in [1.165, 1.54) is 32.4 Å². The van der Waals surface area contributed by atoms with Crippen molar-refractivity contribution in [2.24, 2.45) is 0 Å². The van der Waals surface area contributed by atoms with E-state index in [1.807, 2.05) is 0 Å². The lowest BCUT2D eigenvalue weighted by molar-refractivity contribution is -0.894. The fourth-order valence-electron chi connectivity index (χ4n) is 1.38. The third kappa shape index (κ3) is 19.4. The Labute approximate surface area is 151 Å².